The zero-order valence-corrected chi connectivity index (χ0v) is 8.55. The number of hydrogen-bond acceptors (Lipinski definition) is 3. The number of aromatic nitrogens is 2. The summed E-state index contributed by atoms with van der Waals surface area (Å²) >= 11 is 0. The number of nitrogen functional groups attached to an aromatic ring is 1. The Labute approximate surface area is 82.6 Å². The largest absolute Gasteiger partial charge is 0.369 e. The van der Waals surface area contributed by atoms with E-state index in [1.165, 1.54) is 0 Å². The Bertz CT molecular complexity index is 420. The van der Waals surface area contributed by atoms with E-state index >= 15 is 0 Å². The summed E-state index contributed by atoms with van der Waals surface area (Å²) in [6.07, 6.45) is 2.72. The topological polar surface area (TPSA) is 71.8 Å². The van der Waals surface area contributed by atoms with Crippen LogP contribution in [-0.4, -0.2) is 9.97 Å². The molecule has 0 aromatic carbocycles. The van der Waals surface area contributed by atoms with Gasteiger partial charge in [0.15, 0.2) is 0 Å². The average molecular weight is 193 g/mol. The minimum Gasteiger partial charge on any atom is -0.369 e. The first-order valence-electron chi connectivity index (χ1n) is 4.85. The van der Waals surface area contributed by atoms with E-state index < -0.39 is 0 Å². The van der Waals surface area contributed by atoms with Gasteiger partial charge >= 0.3 is 0 Å². The van der Waals surface area contributed by atoms with Crippen molar-refractivity contribution in [1.82, 2.24) is 9.97 Å². The lowest BCUT2D eigenvalue weighted by molar-refractivity contribution is 0.310. The van der Waals surface area contributed by atoms with Crippen molar-refractivity contribution in [2.75, 3.05) is 5.73 Å². The van der Waals surface area contributed by atoms with Crippen LogP contribution in [-0.2, 0) is 12.8 Å². The highest BCUT2D eigenvalue weighted by molar-refractivity contribution is 5.28. The third kappa shape index (κ3) is 1.52. The molecule has 76 valence electrons. The van der Waals surface area contributed by atoms with Gasteiger partial charge in [-0.05, 0) is 24.7 Å². The fourth-order valence-electron chi connectivity index (χ4n) is 1.98. The molecule has 4 nitrogen and oxygen atoms in total. The van der Waals surface area contributed by atoms with Crippen LogP contribution < -0.4 is 11.3 Å². The highest BCUT2D eigenvalue weighted by atomic mass is 16.1. The third-order valence-corrected chi connectivity index (χ3v) is 2.81. The van der Waals surface area contributed by atoms with Gasteiger partial charge in [-0.25, -0.2) is 4.98 Å². The fourth-order valence-corrected chi connectivity index (χ4v) is 1.98. The van der Waals surface area contributed by atoms with E-state index in [2.05, 4.69) is 23.8 Å². The molecule has 0 aliphatic heterocycles. The predicted octanol–water partition coefficient (Wildman–Crippen LogP) is 0.867. The van der Waals surface area contributed by atoms with Crippen molar-refractivity contribution in [3.8, 4) is 0 Å². The number of H-pyrrole nitrogens is 1. The number of aryl methyl sites for hydroxylation is 1. The van der Waals surface area contributed by atoms with Crippen LogP contribution >= 0.6 is 0 Å². The molecule has 1 aromatic rings. The summed E-state index contributed by atoms with van der Waals surface area (Å²) in [6.45, 7) is 4.34. The monoisotopic (exact) mass is 193 g/mol. The minimum absolute atomic E-state index is 0.0692. The molecule has 4 heteroatoms. The molecule has 2 rings (SSSR count). The second kappa shape index (κ2) is 2.83. The van der Waals surface area contributed by atoms with Gasteiger partial charge in [0.1, 0.15) is 0 Å². The number of anilines is 1. The van der Waals surface area contributed by atoms with Gasteiger partial charge in [-0.15, -0.1) is 0 Å². The maximum Gasteiger partial charge on any atom is 0.255 e. The third-order valence-electron chi connectivity index (χ3n) is 2.81. The zero-order valence-electron chi connectivity index (χ0n) is 8.55. The number of aromatic amines is 1. The van der Waals surface area contributed by atoms with Crippen molar-refractivity contribution in [3.63, 3.8) is 0 Å². The van der Waals surface area contributed by atoms with Crippen LogP contribution in [0, 0.1) is 5.41 Å². The Balaban J connectivity index is 2.53. The molecule has 0 fully saturated rings. The minimum atomic E-state index is -0.0692. The highest BCUT2D eigenvalue weighted by Crippen LogP contribution is 2.32. The molecular formula is C10H15N3O. The van der Waals surface area contributed by atoms with Gasteiger partial charge in [-0.3, -0.25) is 9.78 Å². The zero-order chi connectivity index (χ0) is 10.3. The SMILES string of the molecule is CC1(C)CCc2nc(N)[nH]c(=O)c2C1. The first-order chi connectivity index (χ1) is 6.48. The Hall–Kier alpha value is -1.32. The Morgan fingerprint density at radius 1 is 1.50 bits per heavy atom. The second-order valence-electron chi connectivity index (χ2n) is 4.72. The maximum atomic E-state index is 11.6. The van der Waals surface area contributed by atoms with Crippen LogP contribution in [0.5, 0.6) is 0 Å². The van der Waals surface area contributed by atoms with Gasteiger partial charge in [0.05, 0.1) is 5.69 Å². The van der Waals surface area contributed by atoms with E-state index in [1.54, 1.807) is 0 Å². The van der Waals surface area contributed by atoms with Crippen molar-refractivity contribution in [1.29, 1.82) is 0 Å². The maximum absolute atomic E-state index is 11.6. The first-order valence-corrected chi connectivity index (χ1v) is 4.85. The van der Waals surface area contributed by atoms with Crippen molar-refractivity contribution < 1.29 is 0 Å². The molecule has 0 radical (unpaired) electrons. The number of rotatable bonds is 0. The molecular weight excluding hydrogens is 178 g/mol. The molecule has 1 heterocycles. The summed E-state index contributed by atoms with van der Waals surface area (Å²) in [4.78, 5) is 18.3. The normalized spacial score (nSPS) is 19.0. The molecule has 0 bridgehead atoms. The number of nitrogens with zero attached hydrogens (tertiary/aromatic N) is 1. The summed E-state index contributed by atoms with van der Waals surface area (Å²) in [5.74, 6) is 0.230. The summed E-state index contributed by atoms with van der Waals surface area (Å²) in [5, 5.41) is 0. The van der Waals surface area contributed by atoms with Crippen LogP contribution in [0.4, 0.5) is 5.95 Å². The van der Waals surface area contributed by atoms with Gasteiger partial charge in [-0.1, -0.05) is 13.8 Å². The molecule has 1 aliphatic carbocycles. The summed E-state index contributed by atoms with van der Waals surface area (Å²) in [7, 11) is 0. The number of fused-ring (bicyclic) bond motifs is 1. The molecule has 0 atom stereocenters. The number of hydrogen-bond donors (Lipinski definition) is 2. The Kier molecular flexibility index (Phi) is 1.87. The van der Waals surface area contributed by atoms with Crippen molar-refractivity contribution in [2.24, 2.45) is 5.41 Å². The van der Waals surface area contributed by atoms with Crippen LogP contribution in [0.15, 0.2) is 4.79 Å². The molecule has 0 saturated carbocycles. The second-order valence-corrected chi connectivity index (χ2v) is 4.72. The van der Waals surface area contributed by atoms with Gasteiger partial charge < -0.3 is 5.73 Å². The Morgan fingerprint density at radius 2 is 2.21 bits per heavy atom. The van der Waals surface area contributed by atoms with Gasteiger partial charge in [-0.2, -0.15) is 0 Å². The molecule has 0 spiro atoms. The van der Waals surface area contributed by atoms with Crippen LogP contribution in [0.2, 0.25) is 0 Å². The summed E-state index contributed by atoms with van der Waals surface area (Å²) < 4.78 is 0. The fraction of sp³-hybridized carbons (Fsp3) is 0.600. The number of nitrogens with two attached hydrogens (primary N) is 1. The predicted molar refractivity (Wildman–Crippen MR) is 55.1 cm³/mol. The number of nitrogens with one attached hydrogen (secondary N) is 1. The highest BCUT2D eigenvalue weighted by Gasteiger charge is 2.28. The standard InChI is InChI=1S/C10H15N3O/c1-10(2)4-3-7-6(5-10)8(14)13-9(11)12-7/h3-5H2,1-2H3,(H3,11,12,13,14). The molecule has 1 aliphatic rings. The molecule has 3 N–H and O–H groups in total. The van der Waals surface area contributed by atoms with E-state index in [9.17, 15) is 4.79 Å². The molecule has 0 unspecified atom stereocenters. The quantitative estimate of drug-likeness (QED) is 0.642. The molecule has 1 aromatic heterocycles. The molecule has 0 amide bonds. The van der Waals surface area contributed by atoms with Crippen molar-refractivity contribution >= 4 is 5.95 Å². The first kappa shape index (κ1) is 9.24. The van der Waals surface area contributed by atoms with Crippen molar-refractivity contribution in [3.05, 3.63) is 21.6 Å². The van der Waals surface area contributed by atoms with E-state index in [4.69, 9.17) is 5.73 Å². The lowest BCUT2D eigenvalue weighted by atomic mass is 9.76. The van der Waals surface area contributed by atoms with E-state index in [-0.39, 0.29) is 16.9 Å². The van der Waals surface area contributed by atoms with Crippen LogP contribution in [0.25, 0.3) is 0 Å². The summed E-state index contributed by atoms with van der Waals surface area (Å²) in [6, 6.07) is 0. The lowest BCUT2D eigenvalue weighted by Crippen LogP contribution is -2.30. The van der Waals surface area contributed by atoms with E-state index in [0.29, 0.717) is 0 Å². The van der Waals surface area contributed by atoms with E-state index in [0.717, 1.165) is 30.5 Å². The smallest absolute Gasteiger partial charge is 0.255 e. The van der Waals surface area contributed by atoms with Crippen LogP contribution in [0.3, 0.4) is 0 Å². The van der Waals surface area contributed by atoms with E-state index in [1.807, 2.05) is 0 Å². The summed E-state index contributed by atoms with van der Waals surface area (Å²) in [5.41, 5.74) is 7.32. The Morgan fingerprint density at radius 3 is 2.93 bits per heavy atom. The van der Waals surface area contributed by atoms with Gasteiger partial charge in [0, 0.05) is 5.56 Å². The average Bonchev–Trinajstić information content (AvgIpc) is 2.06. The van der Waals surface area contributed by atoms with Crippen LogP contribution in [0.1, 0.15) is 31.5 Å². The van der Waals surface area contributed by atoms with Gasteiger partial charge in [0.25, 0.3) is 5.56 Å². The van der Waals surface area contributed by atoms with Crippen molar-refractivity contribution in [2.45, 2.75) is 33.1 Å². The van der Waals surface area contributed by atoms with Gasteiger partial charge in [0.2, 0.25) is 5.95 Å². The molecule has 14 heavy (non-hydrogen) atoms. The lowest BCUT2D eigenvalue weighted by Gasteiger charge is -2.29. The molecule has 0 saturated heterocycles.